The second-order valence-electron chi connectivity index (χ2n) is 5.36. The Kier molecular flexibility index (Phi) is 3.74. The normalized spacial score (nSPS) is 14.5. The Morgan fingerprint density at radius 2 is 2.20 bits per heavy atom. The van der Waals surface area contributed by atoms with E-state index in [1.54, 1.807) is 12.3 Å². The molecule has 2 aromatic rings. The highest BCUT2D eigenvalue weighted by Gasteiger charge is 2.21. The monoisotopic (exact) mass is 274 g/mol. The molecule has 0 spiro atoms. The SMILES string of the molecule is CN(Cc1ccco1)c1ccc(F)cc1CNC1CC1. The molecule has 1 N–H and O–H groups in total. The van der Waals surface area contributed by atoms with E-state index in [9.17, 15) is 4.39 Å². The molecule has 0 radical (unpaired) electrons. The largest absolute Gasteiger partial charge is 0.467 e. The van der Waals surface area contributed by atoms with Crippen molar-refractivity contribution in [1.82, 2.24) is 5.32 Å². The fraction of sp³-hybridized carbons (Fsp3) is 0.375. The lowest BCUT2D eigenvalue weighted by atomic mass is 10.1. The van der Waals surface area contributed by atoms with Crippen LogP contribution in [0.4, 0.5) is 10.1 Å². The predicted molar refractivity (Wildman–Crippen MR) is 77.1 cm³/mol. The average Bonchev–Trinajstić information content (AvgIpc) is 3.13. The van der Waals surface area contributed by atoms with E-state index >= 15 is 0 Å². The number of benzene rings is 1. The Balaban J connectivity index is 1.75. The summed E-state index contributed by atoms with van der Waals surface area (Å²) in [6.07, 6.45) is 4.13. The third kappa shape index (κ3) is 3.20. The zero-order valence-corrected chi connectivity index (χ0v) is 11.6. The van der Waals surface area contributed by atoms with Crippen molar-refractivity contribution in [3.63, 3.8) is 0 Å². The first-order chi connectivity index (χ1) is 9.72. The van der Waals surface area contributed by atoms with E-state index in [2.05, 4.69) is 10.2 Å². The first kappa shape index (κ1) is 13.2. The van der Waals surface area contributed by atoms with Crippen molar-refractivity contribution in [1.29, 1.82) is 0 Å². The van der Waals surface area contributed by atoms with E-state index in [0.717, 1.165) is 17.0 Å². The van der Waals surface area contributed by atoms with Crippen LogP contribution in [0.25, 0.3) is 0 Å². The number of hydrogen-bond donors (Lipinski definition) is 1. The van der Waals surface area contributed by atoms with Crippen molar-refractivity contribution < 1.29 is 8.81 Å². The van der Waals surface area contributed by atoms with Crippen molar-refractivity contribution in [3.8, 4) is 0 Å². The van der Waals surface area contributed by atoms with Crippen LogP contribution >= 0.6 is 0 Å². The minimum absolute atomic E-state index is 0.187. The first-order valence-corrected chi connectivity index (χ1v) is 6.98. The summed E-state index contributed by atoms with van der Waals surface area (Å²) < 4.78 is 18.8. The number of nitrogens with one attached hydrogen (secondary N) is 1. The fourth-order valence-corrected chi connectivity index (χ4v) is 2.33. The van der Waals surface area contributed by atoms with Gasteiger partial charge in [-0.15, -0.1) is 0 Å². The summed E-state index contributed by atoms with van der Waals surface area (Å²) in [5.41, 5.74) is 2.03. The summed E-state index contributed by atoms with van der Waals surface area (Å²) in [5, 5.41) is 3.44. The van der Waals surface area contributed by atoms with E-state index in [4.69, 9.17) is 4.42 Å². The van der Waals surface area contributed by atoms with E-state index in [0.29, 0.717) is 19.1 Å². The summed E-state index contributed by atoms with van der Waals surface area (Å²) >= 11 is 0. The summed E-state index contributed by atoms with van der Waals surface area (Å²) in [5.74, 6) is 0.714. The fourth-order valence-electron chi connectivity index (χ4n) is 2.33. The van der Waals surface area contributed by atoms with Crippen molar-refractivity contribution in [2.24, 2.45) is 0 Å². The summed E-state index contributed by atoms with van der Waals surface area (Å²) in [7, 11) is 2.00. The van der Waals surface area contributed by atoms with Crippen LogP contribution in [0.1, 0.15) is 24.2 Å². The molecule has 3 nitrogen and oxygen atoms in total. The van der Waals surface area contributed by atoms with Crippen molar-refractivity contribution in [2.45, 2.75) is 32.0 Å². The Bertz CT molecular complexity index is 564. The van der Waals surface area contributed by atoms with Gasteiger partial charge in [0.15, 0.2) is 0 Å². The zero-order valence-electron chi connectivity index (χ0n) is 11.6. The van der Waals surface area contributed by atoms with Crippen molar-refractivity contribution in [3.05, 3.63) is 53.7 Å². The van der Waals surface area contributed by atoms with Gasteiger partial charge in [-0.3, -0.25) is 0 Å². The van der Waals surface area contributed by atoms with Gasteiger partial charge in [0, 0.05) is 25.3 Å². The van der Waals surface area contributed by atoms with Crippen molar-refractivity contribution in [2.75, 3.05) is 11.9 Å². The molecule has 1 aliphatic rings. The number of hydrogen-bond acceptors (Lipinski definition) is 3. The van der Waals surface area contributed by atoms with Gasteiger partial charge in [0.1, 0.15) is 11.6 Å². The first-order valence-electron chi connectivity index (χ1n) is 6.98. The highest BCUT2D eigenvalue weighted by atomic mass is 19.1. The molecule has 0 aliphatic heterocycles. The number of rotatable bonds is 6. The Hall–Kier alpha value is -1.81. The van der Waals surface area contributed by atoms with Crippen LogP contribution in [0.2, 0.25) is 0 Å². The standard InChI is InChI=1S/C16H19FN2O/c1-19(11-15-3-2-8-20-15)16-7-4-13(17)9-12(16)10-18-14-5-6-14/h2-4,7-9,14,18H,5-6,10-11H2,1H3. The number of furan rings is 1. The van der Waals surface area contributed by atoms with Gasteiger partial charge in [0.25, 0.3) is 0 Å². The zero-order chi connectivity index (χ0) is 13.9. The molecule has 0 amide bonds. The highest BCUT2D eigenvalue weighted by molar-refractivity contribution is 5.53. The molecule has 1 aromatic heterocycles. The molecule has 20 heavy (non-hydrogen) atoms. The van der Waals surface area contributed by atoms with Gasteiger partial charge in [-0.25, -0.2) is 4.39 Å². The lowest BCUT2D eigenvalue weighted by molar-refractivity contribution is 0.507. The molecule has 1 saturated carbocycles. The molecule has 106 valence electrons. The van der Waals surface area contributed by atoms with Crippen LogP contribution in [-0.4, -0.2) is 13.1 Å². The number of halogens is 1. The minimum Gasteiger partial charge on any atom is -0.467 e. The molecular formula is C16H19FN2O. The van der Waals surface area contributed by atoms with Gasteiger partial charge in [-0.05, 0) is 48.7 Å². The van der Waals surface area contributed by atoms with Crippen LogP contribution in [0, 0.1) is 5.82 Å². The maximum absolute atomic E-state index is 13.5. The smallest absolute Gasteiger partial charge is 0.123 e. The third-order valence-electron chi connectivity index (χ3n) is 3.58. The Morgan fingerprint density at radius 1 is 1.35 bits per heavy atom. The minimum atomic E-state index is -0.187. The molecule has 0 saturated heterocycles. The molecule has 3 rings (SSSR count). The quantitative estimate of drug-likeness (QED) is 0.876. The molecule has 4 heteroatoms. The van der Waals surface area contributed by atoms with E-state index in [1.807, 2.05) is 25.2 Å². The molecule has 1 fully saturated rings. The predicted octanol–water partition coefficient (Wildman–Crippen LogP) is 3.31. The van der Waals surface area contributed by atoms with Gasteiger partial charge in [0.2, 0.25) is 0 Å². The topological polar surface area (TPSA) is 28.4 Å². The maximum Gasteiger partial charge on any atom is 0.123 e. The van der Waals surface area contributed by atoms with Crippen molar-refractivity contribution >= 4 is 5.69 Å². The lowest BCUT2D eigenvalue weighted by Crippen LogP contribution is -2.21. The second-order valence-corrected chi connectivity index (χ2v) is 5.36. The van der Waals surface area contributed by atoms with Gasteiger partial charge in [-0.2, -0.15) is 0 Å². The molecule has 1 aliphatic carbocycles. The van der Waals surface area contributed by atoms with Crippen LogP contribution in [0.5, 0.6) is 0 Å². The summed E-state index contributed by atoms with van der Waals surface area (Å²) in [6.45, 7) is 1.38. The molecular weight excluding hydrogens is 255 g/mol. The van der Waals surface area contributed by atoms with Crippen LogP contribution in [0.15, 0.2) is 41.0 Å². The molecule has 1 aromatic carbocycles. The Labute approximate surface area is 118 Å². The lowest BCUT2D eigenvalue weighted by Gasteiger charge is -2.22. The number of nitrogens with zero attached hydrogens (tertiary/aromatic N) is 1. The number of anilines is 1. The average molecular weight is 274 g/mol. The van der Waals surface area contributed by atoms with E-state index in [-0.39, 0.29) is 5.82 Å². The van der Waals surface area contributed by atoms with E-state index in [1.165, 1.54) is 18.9 Å². The molecule has 0 bridgehead atoms. The molecule has 0 unspecified atom stereocenters. The third-order valence-corrected chi connectivity index (χ3v) is 3.58. The van der Waals surface area contributed by atoms with Gasteiger partial charge >= 0.3 is 0 Å². The van der Waals surface area contributed by atoms with Gasteiger partial charge in [0.05, 0.1) is 12.8 Å². The second kappa shape index (κ2) is 5.67. The van der Waals surface area contributed by atoms with Gasteiger partial charge in [-0.1, -0.05) is 0 Å². The maximum atomic E-state index is 13.5. The van der Waals surface area contributed by atoms with Crippen LogP contribution < -0.4 is 10.2 Å². The summed E-state index contributed by atoms with van der Waals surface area (Å²) in [4.78, 5) is 2.09. The highest BCUT2D eigenvalue weighted by Crippen LogP contribution is 2.25. The molecule has 0 atom stereocenters. The Morgan fingerprint density at radius 3 is 2.90 bits per heavy atom. The van der Waals surface area contributed by atoms with Crippen LogP contribution in [0.3, 0.4) is 0 Å². The van der Waals surface area contributed by atoms with E-state index < -0.39 is 0 Å². The van der Waals surface area contributed by atoms with Gasteiger partial charge < -0.3 is 14.6 Å². The summed E-state index contributed by atoms with van der Waals surface area (Å²) in [6, 6.07) is 9.40. The molecule has 1 heterocycles. The van der Waals surface area contributed by atoms with Crippen LogP contribution in [-0.2, 0) is 13.1 Å².